The van der Waals surface area contributed by atoms with Crippen LogP contribution in [-0.2, 0) is 10.8 Å². The molecule has 0 radical (unpaired) electrons. The Morgan fingerprint density at radius 3 is 2.75 bits per heavy atom. The van der Waals surface area contributed by atoms with Gasteiger partial charge in [0, 0.05) is 44.8 Å². The third kappa shape index (κ3) is 2.88. The van der Waals surface area contributed by atoms with E-state index in [0.717, 1.165) is 5.52 Å². The summed E-state index contributed by atoms with van der Waals surface area (Å²) in [6.07, 6.45) is -0.859. The Morgan fingerprint density at radius 1 is 1.45 bits per heavy atom. The van der Waals surface area contributed by atoms with Gasteiger partial charge in [0.1, 0.15) is 6.10 Å². The molecule has 1 aromatic carbocycles. The second kappa shape index (κ2) is 5.72. The number of aryl methyl sites for hydroxylation is 1. The molecule has 0 bridgehead atoms. The minimum atomic E-state index is -1.07. The number of nitrogens with one attached hydrogen (secondary N) is 1. The van der Waals surface area contributed by atoms with Gasteiger partial charge in [-0.1, -0.05) is 6.92 Å². The number of hydrogen-bond acceptors (Lipinski definition) is 4. The number of aliphatic hydroxyl groups is 1. The summed E-state index contributed by atoms with van der Waals surface area (Å²) in [5, 5.41) is 21.6. The quantitative estimate of drug-likeness (QED) is 0.653. The molecule has 2 unspecified atom stereocenters. The molecule has 2 N–H and O–H groups in total. The molecule has 6 nitrogen and oxygen atoms in total. The fraction of sp³-hybridized carbons (Fsp3) is 0.385. The Bertz CT molecular complexity index is 680. The van der Waals surface area contributed by atoms with E-state index >= 15 is 0 Å². The number of aromatic amines is 1. The molecule has 0 aliphatic carbocycles. The molecule has 2 aromatic rings. The fourth-order valence-electron chi connectivity index (χ4n) is 2.06. The number of aromatic nitrogens is 1. The van der Waals surface area contributed by atoms with Crippen LogP contribution in [0.5, 0.6) is 0 Å². The lowest BCUT2D eigenvalue weighted by Gasteiger charge is -2.06. The summed E-state index contributed by atoms with van der Waals surface area (Å²) < 4.78 is 11.5. The number of rotatable bonds is 5. The first-order chi connectivity index (χ1) is 9.42. The largest absolute Gasteiger partial charge is 0.386 e. The Labute approximate surface area is 118 Å². The van der Waals surface area contributed by atoms with Crippen LogP contribution in [0.1, 0.15) is 24.3 Å². The molecule has 2 rings (SSSR count). The number of nitro groups is 1. The Kier molecular flexibility index (Phi) is 4.20. The molecular formula is C13H16N2O4S. The zero-order valence-electron chi connectivity index (χ0n) is 11.3. The van der Waals surface area contributed by atoms with Gasteiger partial charge in [0.15, 0.2) is 0 Å². The topological polar surface area (TPSA) is 96.2 Å². The first-order valence-electron chi connectivity index (χ1n) is 6.23. The number of fused-ring (bicyclic) bond motifs is 1. The Morgan fingerprint density at radius 2 is 2.15 bits per heavy atom. The molecule has 0 aliphatic rings. The summed E-state index contributed by atoms with van der Waals surface area (Å²) in [7, 11) is -1.07. The van der Waals surface area contributed by atoms with Gasteiger partial charge in [-0.25, -0.2) is 0 Å². The first-order valence-corrected chi connectivity index (χ1v) is 7.72. The lowest BCUT2D eigenvalue weighted by Crippen LogP contribution is -2.10. The molecule has 0 saturated carbocycles. The maximum absolute atomic E-state index is 11.5. The van der Waals surface area contributed by atoms with E-state index in [9.17, 15) is 19.4 Å². The van der Waals surface area contributed by atoms with Gasteiger partial charge in [-0.2, -0.15) is 0 Å². The number of aliphatic hydroxyl groups excluding tert-OH is 1. The van der Waals surface area contributed by atoms with Crippen molar-refractivity contribution in [2.75, 3.05) is 11.5 Å². The van der Waals surface area contributed by atoms with Crippen molar-refractivity contribution in [3.63, 3.8) is 0 Å². The van der Waals surface area contributed by atoms with E-state index in [1.807, 2.05) is 0 Å². The van der Waals surface area contributed by atoms with E-state index in [-0.39, 0.29) is 11.4 Å². The third-order valence-corrected chi connectivity index (χ3v) is 4.51. The number of H-pyrrole nitrogens is 1. The van der Waals surface area contributed by atoms with E-state index in [0.29, 0.717) is 22.4 Å². The second-order valence-corrected chi connectivity index (χ2v) is 6.41. The van der Waals surface area contributed by atoms with Crippen molar-refractivity contribution in [1.29, 1.82) is 0 Å². The average molecular weight is 296 g/mol. The van der Waals surface area contributed by atoms with Gasteiger partial charge in [0.25, 0.3) is 5.69 Å². The van der Waals surface area contributed by atoms with E-state index < -0.39 is 21.8 Å². The van der Waals surface area contributed by atoms with Crippen molar-refractivity contribution < 1.29 is 14.2 Å². The van der Waals surface area contributed by atoms with Gasteiger partial charge in [0.05, 0.1) is 10.7 Å². The highest BCUT2D eigenvalue weighted by molar-refractivity contribution is 7.84. The van der Waals surface area contributed by atoms with Gasteiger partial charge < -0.3 is 10.1 Å². The fourth-order valence-corrected chi connectivity index (χ4v) is 2.83. The summed E-state index contributed by atoms with van der Waals surface area (Å²) in [6.45, 7) is 3.46. The summed E-state index contributed by atoms with van der Waals surface area (Å²) in [5.74, 6) is 0.645. The van der Waals surface area contributed by atoms with E-state index in [1.165, 1.54) is 6.07 Å². The zero-order valence-corrected chi connectivity index (χ0v) is 12.1. The zero-order chi connectivity index (χ0) is 14.9. The molecule has 7 heteroatoms. The van der Waals surface area contributed by atoms with Crippen molar-refractivity contribution in [2.24, 2.45) is 0 Å². The molecule has 20 heavy (non-hydrogen) atoms. The molecule has 0 spiro atoms. The van der Waals surface area contributed by atoms with E-state index in [2.05, 4.69) is 4.98 Å². The van der Waals surface area contributed by atoms with Crippen LogP contribution in [-0.4, -0.2) is 30.7 Å². The molecule has 1 heterocycles. The second-order valence-electron chi connectivity index (χ2n) is 4.62. The normalized spacial score (nSPS) is 14.3. The molecule has 108 valence electrons. The molecule has 0 amide bonds. The minimum Gasteiger partial charge on any atom is -0.386 e. The lowest BCUT2D eigenvalue weighted by atomic mass is 10.1. The monoisotopic (exact) mass is 296 g/mol. The third-order valence-electron chi connectivity index (χ3n) is 3.18. The lowest BCUT2D eigenvalue weighted by molar-refractivity contribution is -0.385. The van der Waals surface area contributed by atoms with Crippen LogP contribution in [0.25, 0.3) is 10.9 Å². The maximum atomic E-state index is 11.5. The molecule has 1 aromatic heterocycles. The number of benzene rings is 1. The highest BCUT2D eigenvalue weighted by Crippen LogP contribution is 2.27. The van der Waals surface area contributed by atoms with Crippen LogP contribution in [0.2, 0.25) is 0 Å². The van der Waals surface area contributed by atoms with E-state index in [4.69, 9.17) is 0 Å². The van der Waals surface area contributed by atoms with Gasteiger partial charge in [-0.3, -0.25) is 14.3 Å². The van der Waals surface area contributed by atoms with Crippen LogP contribution in [0, 0.1) is 17.0 Å². The van der Waals surface area contributed by atoms with Crippen LogP contribution in [0.4, 0.5) is 5.69 Å². The number of nitro benzene ring substituents is 1. The highest BCUT2D eigenvalue weighted by Gasteiger charge is 2.17. The first kappa shape index (κ1) is 14.7. The van der Waals surface area contributed by atoms with Gasteiger partial charge in [-0.05, 0) is 19.1 Å². The number of hydrogen-bond donors (Lipinski definition) is 2. The standard InChI is InChI=1S/C13H16N2O4S/c1-3-20(19)7-13(16)11-5-9-6-12(15(17)18)8(2)4-10(9)14-11/h4-6,13-14,16H,3,7H2,1-2H3. The molecule has 0 aliphatic heterocycles. The smallest absolute Gasteiger partial charge is 0.273 e. The molecule has 0 fully saturated rings. The summed E-state index contributed by atoms with van der Waals surface area (Å²) in [6, 6.07) is 4.83. The SMILES string of the molecule is CCS(=O)CC(O)c1cc2cc([N+](=O)[O-])c(C)cc2[nH]1. The van der Waals surface area contributed by atoms with Crippen LogP contribution < -0.4 is 0 Å². The van der Waals surface area contributed by atoms with Crippen LogP contribution in [0.15, 0.2) is 18.2 Å². The van der Waals surface area contributed by atoms with Gasteiger partial charge >= 0.3 is 0 Å². The van der Waals surface area contributed by atoms with Crippen molar-refractivity contribution >= 4 is 27.4 Å². The molecule has 0 saturated heterocycles. The number of nitrogens with zero attached hydrogens (tertiary/aromatic N) is 1. The molecular weight excluding hydrogens is 280 g/mol. The maximum Gasteiger partial charge on any atom is 0.273 e. The van der Waals surface area contributed by atoms with Gasteiger partial charge in [0.2, 0.25) is 0 Å². The van der Waals surface area contributed by atoms with Crippen molar-refractivity contribution in [1.82, 2.24) is 4.98 Å². The Balaban J connectivity index is 2.38. The summed E-state index contributed by atoms with van der Waals surface area (Å²) >= 11 is 0. The van der Waals surface area contributed by atoms with Crippen molar-refractivity contribution in [3.8, 4) is 0 Å². The minimum absolute atomic E-state index is 0.0506. The summed E-state index contributed by atoms with van der Waals surface area (Å²) in [4.78, 5) is 13.5. The molecule has 2 atom stereocenters. The van der Waals surface area contributed by atoms with Crippen molar-refractivity contribution in [3.05, 3.63) is 39.6 Å². The average Bonchev–Trinajstić information content (AvgIpc) is 2.80. The van der Waals surface area contributed by atoms with Crippen LogP contribution >= 0.6 is 0 Å². The predicted molar refractivity (Wildman–Crippen MR) is 78.2 cm³/mol. The highest BCUT2D eigenvalue weighted by atomic mass is 32.2. The Hall–Kier alpha value is -1.73. The summed E-state index contributed by atoms with van der Waals surface area (Å²) in [5.41, 5.74) is 1.86. The van der Waals surface area contributed by atoms with E-state index in [1.54, 1.807) is 26.0 Å². The van der Waals surface area contributed by atoms with Crippen molar-refractivity contribution in [2.45, 2.75) is 20.0 Å². The van der Waals surface area contributed by atoms with Gasteiger partial charge in [-0.15, -0.1) is 0 Å². The predicted octanol–water partition coefficient (Wildman–Crippen LogP) is 2.19. The van der Waals surface area contributed by atoms with Crippen LogP contribution in [0.3, 0.4) is 0 Å².